The van der Waals surface area contributed by atoms with Crippen LogP contribution in [0.3, 0.4) is 0 Å². The minimum Gasteiger partial charge on any atom is -0.472 e. The average Bonchev–Trinajstić information content (AvgIpc) is 3.05. The number of benzene rings is 1. The van der Waals surface area contributed by atoms with E-state index in [1.807, 2.05) is 13.0 Å². The Morgan fingerprint density at radius 3 is 2.58 bits per heavy atom. The molecule has 0 spiro atoms. The molecule has 3 rings (SSSR count). The minimum absolute atomic E-state index is 0.0770. The van der Waals surface area contributed by atoms with Gasteiger partial charge in [-0.1, -0.05) is 18.2 Å². The van der Waals surface area contributed by atoms with Gasteiger partial charge < -0.3 is 9.64 Å². The van der Waals surface area contributed by atoms with E-state index in [2.05, 4.69) is 4.98 Å². The van der Waals surface area contributed by atoms with Gasteiger partial charge in [0.2, 0.25) is 11.8 Å². The van der Waals surface area contributed by atoms with Crippen LogP contribution in [0.2, 0.25) is 0 Å². The summed E-state index contributed by atoms with van der Waals surface area (Å²) in [6.07, 6.45) is -1.99. The number of ether oxygens (including phenoxy) is 1. The van der Waals surface area contributed by atoms with E-state index in [9.17, 15) is 18.0 Å². The Morgan fingerprint density at radius 2 is 1.96 bits per heavy atom. The maximum absolute atomic E-state index is 12.6. The third kappa shape index (κ3) is 4.53. The second-order valence-corrected chi connectivity index (χ2v) is 6.41. The maximum atomic E-state index is 12.6. The topological polar surface area (TPSA) is 42.4 Å². The molecule has 138 valence electrons. The fourth-order valence-electron chi connectivity index (χ4n) is 2.84. The molecule has 1 amide bonds. The SMILES string of the molecule is Cc1ccc(OC2CCN(C(=O)Cc3ccc(C(F)(F)F)cc3)C2)nc1. The molecule has 0 saturated carbocycles. The summed E-state index contributed by atoms with van der Waals surface area (Å²) in [5, 5.41) is 0. The summed E-state index contributed by atoms with van der Waals surface area (Å²) < 4.78 is 43.5. The van der Waals surface area contributed by atoms with Crippen LogP contribution in [0.1, 0.15) is 23.1 Å². The monoisotopic (exact) mass is 364 g/mol. The Hall–Kier alpha value is -2.57. The van der Waals surface area contributed by atoms with Crippen molar-refractivity contribution in [2.45, 2.75) is 32.0 Å². The average molecular weight is 364 g/mol. The number of aryl methyl sites for hydroxylation is 1. The van der Waals surface area contributed by atoms with E-state index < -0.39 is 11.7 Å². The molecular formula is C19H19F3N2O2. The number of likely N-dealkylation sites (tertiary alicyclic amines) is 1. The first-order valence-corrected chi connectivity index (χ1v) is 8.34. The molecule has 26 heavy (non-hydrogen) atoms. The summed E-state index contributed by atoms with van der Waals surface area (Å²) in [6.45, 7) is 2.96. The molecule has 1 atom stereocenters. The molecule has 0 radical (unpaired) electrons. The highest BCUT2D eigenvalue weighted by molar-refractivity contribution is 5.79. The normalized spacial score (nSPS) is 17.4. The van der Waals surface area contributed by atoms with E-state index in [4.69, 9.17) is 4.74 Å². The van der Waals surface area contributed by atoms with E-state index in [0.717, 1.165) is 17.7 Å². The standard InChI is InChI=1S/C19H19F3N2O2/c1-13-2-7-17(23-11-13)26-16-8-9-24(12-16)18(25)10-14-3-5-15(6-4-14)19(20,21)22/h2-7,11,16H,8-10,12H2,1H3. The number of rotatable bonds is 4. The molecule has 0 N–H and O–H groups in total. The molecule has 1 aromatic heterocycles. The molecule has 1 unspecified atom stereocenters. The van der Waals surface area contributed by atoms with E-state index in [1.54, 1.807) is 17.2 Å². The number of halogens is 3. The first kappa shape index (κ1) is 18.2. The number of amides is 1. The van der Waals surface area contributed by atoms with Crippen LogP contribution >= 0.6 is 0 Å². The Morgan fingerprint density at radius 1 is 1.23 bits per heavy atom. The van der Waals surface area contributed by atoms with Gasteiger partial charge in [-0.25, -0.2) is 4.98 Å². The lowest BCUT2D eigenvalue weighted by atomic mass is 10.1. The number of nitrogens with zero attached hydrogens (tertiary/aromatic N) is 2. The molecule has 7 heteroatoms. The number of carbonyl (C=O) groups is 1. The van der Waals surface area contributed by atoms with Crippen molar-refractivity contribution < 1.29 is 22.7 Å². The lowest BCUT2D eigenvalue weighted by molar-refractivity contribution is -0.137. The number of hydrogen-bond acceptors (Lipinski definition) is 3. The molecular weight excluding hydrogens is 345 g/mol. The third-order valence-electron chi connectivity index (χ3n) is 4.31. The summed E-state index contributed by atoms with van der Waals surface area (Å²) in [5.74, 6) is 0.408. The van der Waals surface area contributed by atoms with Crippen molar-refractivity contribution in [3.8, 4) is 5.88 Å². The zero-order chi connectivity index (χ0) is 18.7. The molecule has 0 bridgehead atoms. The lowest BCUT2D eigenvalue weighted by Gasteiger charge is -2.17. The fraction of sp³-hybridized carbons (Fsp3) is 0.368. The number of carbonyl (C=O) groups excluding carboxylic acids is 1. The predicted octanol–water partition coefficient (Wildman–Crippen LogP) is 3.63. The molecule has 0 aliphatic carbocycles. The smallest absolute Gasteiger partial charge is 0.416 e. The fourth-order valence-corrected chi connectivity index (χ4v) is 2.84. The maximum Gasteiger partial charge on any atom is 0.416 e. The highest BCUT2D eigenvalue weighted by atomic mass is 19.4. The van der Waals surface area contributed by atoms with Gasteiger partial charge >= 0.3 is 6.18 Å². The van der Waals surface area contributed by atoms with Gasteiger partial charge in [-0.15, -0.1) is 0 Å². The van der Waals surface area contributed by atoms with Crippen LogP contribution in [0, 0.1) is 6.92 Å². The van der Waals surface area contributed by atoms with E-state index in [1.165, 1.54) is 12.1 Å². The summed E-state index contributed by atoms with van der Waals surface area (Å²) in [7, 11) is 0. The predicted molar refractivity (Wildman–Crippen MR) is 89.7 cm³/mol. The van der Waals surface area contributed by atoms with Crippen LogP contribution < -0.4 is 4.74 Å². The van der Waals surface area contributed by atoms with Gasteiger partial charge in [0, 0.05) is 25.2 Å². The number of alkyl halides is 3. The Labute approximate surface area is 149 Å². The van der Waals surface area contributed by atoms with Gasteiger partial charge in [0.1, 0.15) is 6.10 Å². The molecule has 1 saturated heterocycles. The van der Waals surface area contributed by atoms with Crippen LogP contribution in [0.25, 0.3) is 0 Å². The molecule has 2 aromatic rings. The molecule has 1 aromatic carbocycles. The molecule has 4 nitrogen and oxygen atoms in total. The third-order valence-corrected chi connectivity index (χ3v) is 4.31. The Balaban J connectivity index is 1.53. The van der Waals surface area contributed by atoms with Gasteiger partial charge in [-0.2, -0.15) is 13.2 Å². The second-order valence-electron chi connectivity index (χ2n) is 6.41. The zero-order valence-electron chi connectivity index (χ0n) is 14.3. The van der Waals surface area contributed by atoms with Crippen LogP contribution in [0.5, 0.6) is 5.88 Å². The van der Waals surface area contributed by atoms with Crippen LogP contribution in [0.15, 0.2) is 42.6 Å². The quantitative estimate of drug-likeness (QED) is 0.832. The molecule has 1 aliphatic heterocycles. The molecule has 1 fully saturated rings. The van der Waals surface area contributed by atoms with Crippen molar-refractivity contribution in [2.24, 2.45) is 0 Å². The second kappa shape index (κ2) is 7.35. The van der Waals surface area contributed by atoms with Gasteiger partial charge in [-0.05, 0) is 30.2 Å². The van der Waals surface area contributed by atoms with Crippen LogP contribution in [-0.2, 0) is 17.4 Å². The number of aromatic nitrogens is 1. The lowest BCUT2D eigenvalue weighted by Crippen LogP contribution is -2.32. The first-order valence-electron chi connectivity index (χ1n) is 8.34. The van der Waals surface area contributed by atoms with Gasteiger partial charge in [-0.3, -0.25) is 4.79 Å². The van der Waals surface area contributed by atoms with Gasteiger partial charge in [0.05, 0.1) is 18.5 Å². The first-order chi connectivity index (χ1) is 12.3. The largest absolute Gasteiger partial charge is 0.472 e. The summed E-state index contributed by atoms with van der Waals surface area (Å²) in [5.41, 5.74) is 0.888. The number of pyridine rings is 1. The van der Waals surface area contributed by atoms with E-state index in [-0.39, 0.29) is 18.4 Å². The minimum atomic E-state index is -4.37. The zero-order valence-corrected chi connectivity index (χ0v) is 14.3. The van der Waals surface area contributed by atoms with Crippen molar-refractivity contribution in [3.05, 3.63) is 59.3 Å². The summed E-state index contributed by atoms with van der Waals surface area (Å²) >= 11 is 0. The van der Waals surface area contributed by atoms with Crippen molar-refractivity contribution in [3.63, 3.8) is 0 Å². The molecule has 2 heterocycles. The van der Waals surface area contributed by atoms with Crippen LogP contribution in [-0.4, -0.2) is 35.0 Å². The van der Waals surface area contributed by atoms with Gasteiger partial charge in [0.25, 0.3) is 0 Å². The van der Waals surface area contributed by atoms with Crippen molar-refractivity contribution >= 4 is 5.91 Å². The van der Waals surface area contributed by atoms with E-state index >= 15 is 0 Å². The van der Waals surface area contributed by atoms with E-state index in [0.29, 0.717) is 31.0 Å². The van der Waals surface area contributed by atoms with Crippen molar-refractivity contribution in [1.29, 1.82) is 0 Å². The summed E-state index contributed by atoms with van der Waals surface area (Å²) in [6, 6.07) is 8.40. The highest BCUT2D eigenvalue weighted by Gasteiger charge is 2.31. The van der Waals surface area contributed by atoms with Gasteiger partial charge in [0.15, 0.2) is 0 Å². The number of hydrogen-bond donors (Lipinski definition) is 0. The van der Waals surface area contributed by atoms with Crippen molar-refractivity contribution in [2.75, 3.05) is 13.1 Å². The Kier molecular flexibility index (Phi) is 5.15. The van der Waals surface area contributed by atoms with Crippen LogP contribution in [0.4, 0.5) is 13.2 Å². The van der Waals surface area contributed by atoms with Crippen molar-refractivity contribution in [1.82, 2.24) is 9.88 Å². The summed E-state index contributed by atoms with van der Waals surface area (Å²) in [4.78, 5) is 18.2. The molecule has 1 aliphatic rings. The Bertz CT molecular complexity index is 758. The highest BCUT2D eigenvalue weighted by Crippen LogP contribution is 2.29.